The third-order valence-corrected chi connectivity index (χ3v) is 11.1. The van der Waals surface area contributed by atoms with Crippen LogP contribution >= 0.6 is 0 Å². The highest BCUT2D eigenvalue weighted by atomic mass is 16.5. The number of carboxylic acids is 1. The number of ketones is 1. The fraction of sp³-hybridized carbons (Fsp3) is 0.688. The number of hydrogen-bond donors (Lipinski definition) is 2. The van der Waals surface area contributed by atoms with Crippen LogP contribution in [-0.4, -0.2) is 40.9 Å². The van der Waals surface area contributed by atoms with Crippen LogP contribution in [0.5, 0.6) is 0 Å². The molecular weight excluding hydrogens is 494 g/mol. The Kier molecular flexibility index (Phi) is 7.89. The van der Waals surface area contributed by atoms with Gasteiger partial charge in [-0.15, -0.1) is 0 Å². The van der Waals surface area contributed by atoms with Gasteiger partial charge in [-0.2, -0.15) is 0 Å². The molecule has 212 valence electrons. The van der Waals surface area contributed by atoms with Crippen LogP contribution in [0.4, 0.5) is 0 Å². The van der Waals surface area contributed by atoms with E-state index < -0.39 is 17.9 Å². The number of benzene rings is 1. The average Bonchev–Trinajstić information content (AvgIpc) is 3.24. The van der Waals surface area contributed by atoms with Gasteiger partial charge in [0.25, 0.3) is 0 Å². The number of rotatable bonds is 8. The summed E-state index contributed by atoms with van der Waals surface area (Å²) in [6, 6.07) is 8.12. The van der Waals surface area contributed by atoms with Crippen LogP contribution in [-0.2, 0) is 30.3 Å². The van der Waals surface area contributed by atoms with Gasteiger partial charge in [0.05, 0.1) is 6.42 Å². The van der Waals surface area contributed by atoms with Crippen molar-refractivity contribution in [1.82, 2.24) is 5.32 Å². The Balaban J connectivity index is 1.14. The lowest BCUT2D eigenvalue weighted by Gasteiger charge is -2.60. The zero-order chi connectivity index (χ0) is 27.8. The summed E-state index contributed by atoms with van der Waals surface area (Å²) in [7, 11) is 0. The van der Waals surface area contributed by atoms with Crippen LogP contribution in [0.1, 0.15) is 90.0 Å². The number of carboxylic acid groups (broad SMARTS) is 1. The molecule has 0 heterocycles. The molecule has 0 aliphatic heterocycles. The normalized spacial score (nSPS) is 36.2. The number of fused-ring (bicyclic) bond motifs is 5. The van der Waals surface area contributed by atoms with Gasteiger partial charge < -0.3 is 15.2 Å². The maximum Gasteiger partial charge on any atom is 0.326 e. The predicted octanol–water partition coefficient (Wildman–Crippen LogP) is 5.10. The van der Waals surface area contributed by atoms with Crippen molar-refractivity contribution in [2.24, 2.45) is 34.5 Å². The zero-order valence-electron chi connectivity index (χ0n) is 23.3. The van der Waals surface area contributed by atoms with Crippen molar-refractivity contribution in [3.05, 3.63) is 35.9 Å². The highest BCUT2D eigenvalue weighted by Crippen LogP contribution is 2.66. The number of Topliss-reactive ketones (excluding diaryl/α,β-unsaturated/α-hetero) is 1. The maximum atomic E-state index is 12.8. The molecule has 39 heavy (non-hydrogen) atoms. The van der Waals surface area contributed by atoms with Crippen molar-refractivity contribution >= 4 is 23.6 Å². The van der Waals surface area contributed by atoms with E-state index in [0.29, 0.717) is 29.5 Å². The molecule has 1 aromatic carbocycles. The predicted molar refractivity (Wildman–Crippen MR) is 146 cm³/mol. The Morgan fingerprint density at radius 2 is 1.72 bits per heavy atom. The van der Waals surface area contributed by atoms with Crippen molar-refractivity contribution in [1.29, 1.82) is 0 Å². The van der Waals surface area contributed by atoms with Gasteiger partial charge in [-0.25, -0.2) is 4.79 Å². The molecule has 0 bridgehead atoms. The molecule has 1 amide bonds. The lowest BCUT2D eigenvalue weighted by molar-refractivity contribution is -0.164. The molecule has 0 saturated heterocycles. The SMILES string of the molecule is C[C@]12CCC3C(CC[C@H]4CC(=O)CC[C@]34C)C1CCC2OC(=O)CCC(=O)NC(Cc1ccccc1)C(=O)O. The molecule has 4 aliphatic rings. The second-order valence-electron chi connectivity index (χ2n) is 13.1. The third kappa shape index (κ3) is 5.51. The molecule has 7 nitrogen and oxygen atoms in total. The molecule has 0 spiro atoms. The summed E-state index contributed by atoms with van der Waals surface area (Å²) < 4.78 is 6.03. The largest absolute Gasteiger partial charge is 0.480 e. The van der Waals surface area contributed by atoms with Crippen molar-refractivity contribution in [2.45, 2.75) is 103 Å². The molecule has 4 saturated carbocycles. The number of hydrogen-bond acceptors (Lipinski definition) is 5. The van der Waals surface area contributed by atoms with Crippen molar-refractivity contribution in [3.63, 3.8) is 0 Å². The highest BCUT2D eigenvalue weighted by molar-refractivity contribution is 5.86. The van der Waals surface area contributed by atoms with Crippen LogP contribution in [0.15, 0.2) is 30.3 Å². The van der Waals surface area contributed by atoms with Gasteiger partial charge in [0.15, 0.2) is 0 Å². The Morgan fingerprint density at radius 3 is 2.46 bits per heavy atom. The minimum atomic E-state index is -1.10. The maximum absolute atomic E-state index is 12.8. The first-order valence-electron chi connectivity index (χ1n) is 14.9. The van der Waals surface area contributed by atoms with Gasteiger partial charge in [0.1, 0.15) is 17.9 Å². The fourth-order valence-corrected chi connectivity index (χ4v) is 8.94. The molecule has 7 heteroatoms. The Bertz CT molecular complexity index is 1100. The van der Waals surface area contributed by atoms with Gasteiger partial charge in [-0.3, -0.25) is 14.4 Å². The lowest BCUT2D eigenvalue weighted by Crippen LogP contribution is -2.54. The summed E-state index contributed by atoms with van der Waals surface area (Å²) in [4.78, 5) is 49.2. The van der Waals surface area contributed by atoms with E-state index in [2.05, 4.69) is 19.2 Å². The molecule has 2 N–H and O–H groups in total. The van der Waals surface area contributed by atoms with Crippen molar-refractivity contribution in [3.8, 4) is 0 Å². The molecule has 5 unspecified atom stereocenters. The molecule has 4 aliphatic carbocycles. The molecule has 1 aromatic rings. The topological polar surface area (TPSA) is 110 Å². The van der Waals surface area contributed by atoms with E-state index in [4.69, 9.17) is 4.74 Å². The quantitative estimate of drug-likeness (QED) is 0.447. The minimum absolute atomic E-state index is 0.0448. The summed E-state index contributed by atoms with van der Waals surface area (Å²) in [5, 5.41) is 12.1. The second-order valence-corrected chi connectivity index (χ2v) is 13.1. The van der Waals surface area contributed by atoms with Gasteiger partial charge >= 0.3 is 11.9 Å². The number of amides is 1. The number of ether oxygens (including phenoxy) is 1. The Labute approximate surface area is 231 Å². The summed E-state index contributed by atoms with van der Waals surface area (Å²) >= 11 is 0. The first-order chi connectivity index (χ1) is 18.6. The van der Waals surface area contributed by atoms with Crippen molar-refractivity contribution < 1.29 is 29.0 Å². The van der Waals surface area contributed by atoms with E-state index in [1.54, 1.807) is 0 Å². The van der Waals surface area contributed by atoms with Crippen LogP contribution in [0, 0.1) is 34.5 Å². The van der Waals surface area contributed by atoms with Gasteiger partial charge in [-0.05, 0) is 79.6 Å². The number of esters is 1. The van der Waals surface area contributed by atoms with Crippen LogP contribution in [0.3, 0.4) is 0 Å². The third-order valence-electron chi connectivity index (χ3n) is 11.1. The molecular formula is C32H43NO6. The molecule has 5 rings (SSSR count). The van der Waals surface area contributed by atoms with E-state index >= 15 is 0 Å². The lowest BCUT2D eigenvalue weighted by atomic mass is 9.45. The zero-order valence-corrected chi connectivity index (χ0v) is 23.3. The number of aliphatic carboxylic acids is 1. The smallest absolute Gasteiger partial charge is 0.326 e. The van der Waals surface area contributed by atoms with Crippen LogP contribution < -0.4 is 5.32 Å². The number of carbonyl (C=O) groups excluding carboxylic acids is 3. The van der Waals surface area contributed by atoms with Gasteiger partial charge in [-0.1, -0.05) is 44.2 Å². The Morgan fingerprint density at radius 1 is 0.974 bits per heavy atom. The first-order valence-corrected chi connectivity index (χ1v) is 14.9. The monoisotopic (exact) mass is 537 g/mol. The fourth-order valence-electron chi connectivity index (χ4n) is 8.94. The standard InChI is InChI=1S/C32H43NO6/c1-31-16-14-22(34)19-21(31)8-9-23-24-10-11-27(32(24,2)17-15-25(23)31)39-29(36)13-12-28(35)33-26(30(37)38)18-20-6-4-3-5-7-20/h3-7,21,23-27H,8-19H2,1-2H3,(H,33,35)(H,37,38)/t21-,23?,24?,25?,26?,27?,31-,32-/m0/s1. The first kappa shape index (κ1) is 27.9. The van der Waals surface area contributed by atoms with Crippen molar-refractivity contribution in [2.75, 3.05) is 0 Å². The van der Waals surface area contributed by atoms with E-state index in [1.165, 1.54) is 6.42 Å². The van der Waals surface area contributed by atoms with Gasteiger partial charge in [0.2, 0.25) is 5.91 Å². The van der Waals surface area contributed by atoms with Crippen LogP contribution in [0.2, 0.25) is 0 Å². The molecule has 8 atom stereocenters. The number of carbonyl (C=O) groups is 4. The summed E-state index contributed by atoms with van der Waals surface area (Å²) in [5.74, 6) is 0.841. The second kappa shape index (κ2) is 11.1. The van der Waals surface area contributed by atoms with Crippen LogP contribution in [0.25, 0.3) is 0 Å². The summed E-state index contributed by atoms with van der Waals surface area (Å²) in [6.45, 7) is 4.74. The highest BCUT2D eigenvalue weighted by Gasteiger charge is 2.61. The van der Waals surface area contributed by atoms with E-state index in [1.807, 2.05) is 30.3 Å². The summed E-state index contributed by atoms with van der Waals surface area (Å²) in [6.07, 6.45) is 8.82. The number of nitrogens with one attached hydrogen (secondary N) is 1. The molecule has 4 fully saturated rings. The molecule has 0 radical (unpaired) electrons. The van der Waals surface area contributed by atoms with E-state index in [9.17, 15) is 24.3 Å². The average molecular weight is 538 g/mol. The summed E-state index contributed by atoms with van der Waals surface area (Å²) in [5.41, 5.74) is 1.04. The van der Waals surface area contributed by atoms with E-state index in [-0.39, 0.29) is 42.2 Å². The minimum Gasteiger partial charge on any atom is -0.480 e. The molecule has 0 aromatic heterocycles. The van der Waals surface area contributed by atoms with E-state index in [0.717, 1.165) is 56.9 Å². The Hall–Kier alpha value is -2.70. The van der Waals surface area contributed by atoms with Gasteiger partial charge in [0, 0.05) is 31.1 Å².